The summed E-state index contributed by atoms with van der Waals surface area (Å²) in [5.74, 6) is -0.174. The summed E-state index contributed by atoms with van der Waals surface area (Å²) in [6, 6.07) is 25.6. The number of piperazine rings is 1. The van der Waals surface area contributed by atoms with E-state index in [4.69, 9.17) is 0 Å². The van der Waals surface area contributed by atoms with Gasteiger partial charge in [-0.15, -0.1) is 0 Å². The lowest BCUT2D eigenvalue weighted by atomic mass is 9.82. The predicted molar refractivity (Wildman–Crippen MR) is 131 cm³/mol. The molecule has 1 saturated heterocycles. The van der Waals surface area contributed by atoms with E-state index in [9.17, 15) is 9.59 Å². The minimum Gasteiger partial charge on any atom is -0.297 e. The fourth-order valence-corrected chi connectivity index (χ4v) is 5.49. The summed E-state index contributed by atoms with van der Waals surface area (Å²) in [7, 11) is 0. The summed E-state index contributed by atoms with van der Waals surface area (Å²) in [6.07, 6.45) is 2.23. The van der Waals surface area contributed by atoms with Crippen LogP contribution in [-0.2, 0) is 18.5 Å². The molecule has 33 heavy (non-hydrogen) atoms. The molecule has 0 unspecified atom stereocenters. The minimum absolute atomic E-state index is 0.0870. The summed E-state index contributed by atoms with van der Waals surface area (Å²) >= 11 is 0. The number of carbonyl (C=O) groups excluding carboxylic acids is 2. The van der Waals surface area contributed by atoms with E-state index in [1.165, 1.54) is 11.1 Å². The fraction of sp³-hybridized carbons (Fsp3) is 0.310. The number of ketones is 2. The number of fused-ring (bicyclic) bond motifs is 1. The summed E-state index contributed by atoms with van der Waals surface area (Å²) in [4.78, 5) is 32.3. The second-order valence-electron chi connectivity index (χ2n) is 9.06. The van der Waals surface area contributed by atoms with Gasteiger partial charge in [-0.1, -0.05) is 92.2 Å². The van der Waals surface area contributed by atoms with E-state index in [0.29, 0.717) is 24.2 Å². The van der Waals surface area contributed by atoms with Gasteiger partial charge < -0.3 is 0 Å². The SMILES string of the molecule is CCCc1ccccc1CN1CCN(C2(c3ccccc3)C(=O)c3ccccc3C2=O)CC1. The molecule has 5 rings (SSSR count). The smallest absolute Gasteiger partial charge is 0.196 e. The van der Waals surface area contributed by atoms with Crippen molar-refractivity contribution in [1.82, 2.24) is 9.80 Å². The number of hydrogen-bond acceptors (Lipinski definition) is 4. The van der Waals surface area contributed by atoms with E-state index in [2.05, 4.69) is 41.0 Å². The lowest BCUT2D eigenvalue weighted by molar-refractivity contribution is 0.0279. The molecule has 168 valence electrons. The molecule has 0 amide bonds. The topological polar surface area (TPSA) is 40.6 Å². The van der Waals surface area contributed by atoms with Crippen LogP contribution in [0.25, 0.3) is 0 Å². The molecular weight excluding hydrogens is 408 g/mol. The zero-order chi connectivity index (χ0) is 22.8. The first kappa shape index (κ1) is 21.7. The zero-order valence-electron chi connectivity index (χ0n) is 19.2. The lowest BCUT2D eigenvalue weighted by Crippen LogP contribution is -2.60. The van der Waals surface area contributed by atoms with Crippen molar-refractivity contribution in [3.05, 3.63) is 107 Å². The van der Waals surface area contributed by atoms with E-state index in [0.717, 1.165) is 38.0 Å². The normalized spacial score (nSPS) is 18.5. The van der Waals surface area contributed by atoms with Crippen molar-refractivity contribution in [3.63, 3.8) is 0 Å². The Bertz CT molecular complexity index is 1130. The number of hydrogen-bond donors (Lipinski definition) is 0. The molecule has 1 aliphatic heterocycles. The standard InChI is InChI=1S/C29H30N2O2/c1-2-10-22-11-6-7-12-23(22)21-30-17-19-31(20-18-30)29(24-13-4-3-5-14-24)27(32)25-15-8-9-16-26(25)28(29)33/h3-9,11-16H,2,10,17-21H2,1H3. The second kappa shape index (κ2) is 9.05. The lowest BCUT2D eigenvalue weighted by Gasteiger charge is -2.44. The highest BCUT2D eigenvalue weighted by atomic mass is 16.2. The van der Waals surface area contributed by atoms with E-state index in [1.807, 2.05) is 42.5 Å². The van der Waals surface area contributed by atoms with Crippen LogP contribution in [0, 0.1) is 0 Å². The van der Waals surface area contributed by atoms with Crippen LogP contribution in [0.15, 0.2) is 78.9 Å². The van der Waals surface area contributed by atoms with Gasteiger partial charge in [-0.3, -0.25) is 19.4 Å². The van der Waals surface area contributed by atoms with Crippen molar-refractivity contribution >= 4 is 11.6 Å². The van der Waals surface area contributed by atoms with Gasteiger partial charge in [0.05, 0.1) is 0 Å². The zero-order valence-corrected chi connectivity index (χ0v) is 19.2. The van der Waals surface area contributed by atoms with Crippen LogP contribution >= 0.6 is 0 Å². The molecule has 2 aliphatic rings. The monoisotopic (exact) mass is 438 g/mol. The van der Waals surface area contributed by atoms with Gasteiger partial charge in [0.1, 0.15) is 0 Å². The van der Waals surface area contributed by atoms with Crippen molar-refractivity contribution in [1.29, 1.82) is 0 Å². The molecule has 3 aromatic carbocycles. The third kappa shape index (κ3) is 3.64. The van der Waals surface area contributed by atoms with Crippen molar-refractivity contribution < 1.29 is 9.59 Å². The molecular formula is C29H30N2O2. The van der Waals surface area contributed by atoms with E-state index in [-0.39, 0.29) is 11.6 Å². The molecule has 1 fully saturated rings. The average Bonchev–Trinajstić information content (AvgIpc) is 3.09. The Kier molecular flexibility index (Phi) is 5.96. The molecule has 4 heteroatoms. The largest absolute Gasteiger partial charge is 0.297 e. The van der Waals surface area contributed by atoms with Gasteiger partial charge in [0.15, 0.2) is 17.1 Å². The molecule has 1 aliphatic carbocycles. The fourth-order valence-electron chi connectivity index (χ4n) is 5.49. The highest BCUT2D eigenvalue weighted by molar-refractivity contribution is 6.32. The van der Waals surface area contributed by atoms with E-state index >= 15 is 0 Å². The molecule has 0 spiro atoms. The van der Waals surface area contributed by atoms with Crippen LogP contribution in [0.1, 0.15) is 50.8 Å². The highest BCUT2D eigenvalue weighted by Gasteiger charge is 2.58. The van der Waals surface area contributed by atoms with Gasteiger partial charge in [-0.05, 0) is 23.1 Å². The number of nitrogens with zero attached hydrogens (tertiary/aromatic N) is 2. The number of rotatable bonds is 6. The van der Waals surface area contributed by atoms with Crippen LogP contribution < -0.4 is 0 Å². The van der Waals surface area contributed by atoms with Crippen molar-refractivity contribution in [2.24, 2.45) is 0 Å². The average molecular weight is 439 g/mol. The van der Waals surface area contributed by atoms with Gasteiger partial charge >= 0.3 is 0 Å². The van der Waals surface area contributed by atoms with Crippen LogP contribution in [0.2, 0.25) is 0 Å². The summed E-state index contributed by atoms with van der Waals surface area (Å²) in [6.45, 7) is 6.13. The Morgan fingerprint density at radius 2 is 1.24 bits per heavy atom. The Hall–Kier alpha value is -3.08. The maximum absolute atomic E-state index is 13.8. The van der Waals surface area contributed by atoms with Crippen molar-refractivity contribution in [2.75, 3.05) is 26.2 Å². The van der Waals surface area contributed by atoms with Crippen LogP contribution in [0.4, 0.5) is 0 Å². The summed E-state index contributed by atoms with van der Waals surface area (Å²) < 4.78 is 0. The van der Waals surface area contributed by atoms with Crippen LogP contribution in [0.3, 0.4) is 0 Å². The predicted octanol–water partition coefficient (Wildman–Crippen LogP) is 4.73. The molecule has 0 N–H and O–H groups in total. The number of carbonyl (C=O) groups is 2. The van der Waals surface area contributed by atoms with Crippen molar-refractivity contribution in [3.8, 4) is 0 Å². The number of aryl methyl sites for hydroxylation is 1. The van der Waals surface area contributed by atoms with Crippen molar-refractivity contribution in [2.45, 2.75) is 31.8 Å². The summed E-state index contributed by atoms with van der Waals surface area (Å²) in [5.41, 5.74) is 3.41. The second-order valence-corrected chi connectivity index (χ2v) is 9.06. The van der Waals surface area contributed by atoms with Gasteiger partial charge in [0.25, 0.3) is 0 Å². The third-order valence-corrected chi connectivity index (χ3v) is 7.14. The minimum atomic E-state index is -1.25. The van der Waals surface area contributed by atoms with Gasteiger partial charge in [0, 0.05) is 43.9 Å². The number of benzene rings is 3. The Labute approximate surface area is 195 Å². The van der Waals surface area contributed by atoms with Gasteiger partial charge in [0.2, 0.25) is 0 Å². The Morgan fingerprint density at radius 3 is 1.85 bits per heavy atom. The molecule has 0 aromatic heterocycles. The van der Waals surface area contributed by atoms with Crippen LogP contribution in [0.5, 0.6) is 0 Å². The molecule has 4 nitrogen and oxygen atoms in total. The van der Waals surface area contributed by atoms with E-state index < -0.39 is 5.54 Å². The quantitative estimate of drug-likeness (QED) is 0.522. The highest BCUT2D eigenvalue weighted by Crippen LogP contribution is 2.42. The summed E-state index contributed by atoms with van der Waals surface area (Å²) in [5, 5.41) is 0. The molecule has 0 atom stereocenters. The molecule has 3 aromatic rings. The van der Waals surface area contributed by atoms with Gasteiger partial charge in [-0.2, -0.15) is 0 Å². The Morgan fingerprint density at radius 1 is 0.697 bits per heavy atom. The third-order valence-electron chi connectivity index (χ3n) is 7.14. The first-order valence-electron chi connectivity index (χ1n) is 11.9. The molecule has 0 radical (unpaired) electrons. The van der Waals surface area contributed by atoms with Crippen LogP contribution in [-0.4, -0.2) is 47.5 Å². The number of Topliss-reactive ketones (excluding diaryl/α,β-unsaturated/α-hetero) is 2. The first-order chi connectivity index (χ1) is 16.2. The van der Waals surface area contributed by atoms with E-state index in [1.54, 1.807) is 12.1 Å². The Balaban J connectivity index is 1.42. The maximum Gasteiger partial charge on any atom is 0.196 e. The maximum atomic E-state index is 13.8. The molecule has 1 heterocycles. The molecule has 0 bridgehead atoms. The molecule has 0 saturated carbocycles. The van der Waals surface area contributed by atoms with Gasteiger partial charge in [-0.25, -0.2) is 0 Å². The first-order valence-corrected chi connectivity index (χ1v) is 11.9.